The molecule has 224 valence electrons. The summed E-state index contributed by atoms with van der Waals surface area (Å²) in [5, 5.41) is 8.52. The van der Waals surface area contributed by atoms with Crippen molar-refractivity contribution in [2.45, 2.75) is 19.9 Å². The lowest BCUT2D eigenvalue weighted by Crippen LogP contribution is -2.46. The molecule has 2 aliphatic heterocycles. The van der Waals surface area contributed by atoms with Crippen molar-refractivity contribution in [3.05, 3.63) is 126 Å². The summed E-state index contributed by atoms with van der Waals surface area (Å²) in [6, 6.07) is 33.8. The van der Waals surface area contributed by atoms with Crippen molar-refractivity contribution < 1.29 is 9.53 Å². The molecule has 0 fully saturated rings. The summed E-state index contributed by atoms with van der Waals surface area (Å²) in [4.78, 5) is 27.0. The summed E-state index contributed by atoms with van der Waals surface area (Å²) in [7, 11) is 4.09. The first kappa shape index (κ1) is 28.1. The van der Waals surface area contributed by atoms with Gasteiger partial charge in [0.1, 0.15) is 0 Å². The predicted octanol–water partition coefficient (Wildman–Crippen LogP) is 7.22. The molecular weight excluding hydrogens is 562 g/mol. The zero-order valence-electron chi connectivity index (χ0n) is 25.6. The Morgan fingerprint density at radius 1 is 0.889 bits per heavy atom. The molecule has 0 aliphatic carbocycles. The molecule has 0 unspecified atom stereocenters. The second-order valence-corrected chi connectivity index (χ2v) is 11.1. The fraction of sp³-hybridized carbons (Fsp3) is 0.167. The zero-order valence-corrected chi connectivity index (χ0v) is 25.6. The average Bonchev–Trinajstić information content (AvgIpc) is 3.40. The van der Waals surface area contributed by atoms with Gasteiger partial charge >= 0.3 is 5.97 Å². The first-order valence-corrected chi connectivity index (χ1v) is 15.0. The van der Waals surface area contributed by atoms with Crippen LogP contribution in [0.15, 0.2) is 113 Å². The largest absolute Gasteiger partial charge is 0.462 e. The molecule has 7 rings (SSSR count). The number of amidine groups is 2. The Kier molecular flexibility index (Phi) is 7.13. The van der Waals surface area contributed by atoms with E-state index in [0.717, 1.165) is 51.1 Å². The van der Waals surface area contributed by atoms with E-state index in [1.165, 1.54) is 0 Å². The lowest BCUT2D eigenvalue weighted by Gasteiger charge is -2.40. The first-order chi connectivity index (χ1) is 21.9. The second-order valence-electron chi connectivity index (χ2n) is 11.1. The number of carbonyl (C=O) groups is 1. The van der Waals surface area contributed by atoms with Crippen LogP contribution in [-0.4, -0.2) is 48.1 Å². The molecule has 9 heteroatoms. The number of rotatable bonds is 6. The van der Waals surface area contributed by atoms with Gasteiger partial charge in [-0.25, -0.2) is 19.5 Å². The maximum Gasteiger partial charge on any atom is 0.338 e. The maximum absolute atomic E-state index is 12.3. The van der Waals surface area contributed by atoms with E-state index in [0.29, 0.717) is 23.8 Å². The van der Waals surface area contributed by atoms with E-state index < -0.39 is 0 Å². The van der Waals surface area contributed by atoms with Gasteiger partial charge in [0.2, 0.25) is 0 Å². The number of aliphatic imine (C=N–C) groups is 2. The third-order valence-corrected chi connectivity index (χ3v) is 8.02. The molecule has 0 bridgehead atoms. The number of hydrogen-bond acceptors (Lipinski definition) is 8. The number of para-hydroxylation sites is 3. The van der Waals surface area contributed by atoms with E-state index in [1.54, 1.807) is 19.1 Å². The topological polar surface area (TPSA) is 87.3 Å². The van der Waals surface area contributed by atoms with Crippen LogP contribution in [0.25, 0.3) is 5.69 Å². The second kappa shape index (κ2) is 11.4. The molecule has 0 saturated carbocycles. The minimum Gasteiger partial charge on any atom is -0.462 e. The molecule has 0 spiro atoms. The Hall–Kier alpha value is -5.70. The number of aromatic nitrogens is 2. The normalized spacial score (nSPS) is 14.8. The molecule has 1 atom stereocenters. The fourth-order valence-corrected chi connectivity index (χ4v) is 5.86. The Bertz CT molecular complexity index is 1940. The van der Waals surface area contributed by atoms with Crippen molar-refractivity contribution in [3.8, 4) is 5.69 Å². The highest BCUT2D eigenvalue weighted by molar-refractivity contribution is 6.51. The van der Waals surface area contributed by atoms with Gasteiger partial charge in [0.25, 0.3) is 0 Å². The summed E-state index contributed by atoms with van der Waals surface area (Å²) in [6.07, 6.45) is 0. The lowest BCUT2D eigenvalue weighted by molar-refractivity contribution is 0.0526. The maximum atomic E-state index is 12.3. The highest BCUT2D eigenvalue weighted by Gasteiger charge is 2.41. The monoisotopic (exact) mass is 595 g/mol. The van der Waals surface area contributed by atoms with Crippen molar-refractivity contribution in [1.82, 2.24) is 9.78 Å². The number of nitrogens with one attached hydrogen (secondary N) is 1. The number of aryl methyl sites for hydroxylation is 1. The van der Waals surface area contributed by atoms with Gasteiger partial charge in [-0.3, -0.25) is 0 Å². The number of ether oxygens (including phenoxy) is 1. The SMILES string of the molecule is CCOC(=O)c1ccc(NC2=Nc3ccccc3N3C2=Nc2c(c(C)nn2-c2ccccc2)[C@H]3c2ccc(N(C)C)cc2)cc1. The van der Waals surface area contributed by atoms with Crippen molar-refractivity contribution in [1.29, 1.82) is 0 Å². The van der Waals surface area contributed by atoms with Gasteiger partial charge in [-0.15, -0.1) is 0 Å². The van der Waals surface area contributed by atoms with Crippen LogP contribution in [0.5, 0.6) is 0 Å². The standard InChI is InChI=1S/C36H33N7O2/c1-5-45-36(44)25-15-19-26(20-16-25)37-33-35-39-34-31(23(2)40-43(34)28-11-7-6-8-12-28)32(24-17-21-27(22-18-24)41(3)4)42(35)30-14-10-9-13-29(30)38-33/h6-22,32H,5H2,1-4H3,(H,37,38)/t32-/m1/s1. The van der Waals surface area contributed by atoms with E-state index in [1.807, 2.05) is 86.4 Å². The third-order valence-electron chi connectivity index (χ3n) is 8.02. The Balaban J connectivity index is 1.41. The van der Waals surface area contributed by atoms with Crippen LogP contribution in [0.1, 0.15) is 40.1 Å². The highest BCUT2D eigenvalue weighted by Crippen LogP contribution is 2.48. The summed E-state index contributed by atoms with van der Waals surface area (Å²) < 4.78 is 7.08. The number of anilines is 3. The van der Waals surface area contributed by atoms with E-state index in [-0.39, 0.29) is 12.0 Å². The number of carbonyl (C=O) groups excluding carboxylic acids is 1. The minimum absolute atomic E-state index is 0.221. The van der Waals surface area contributed by atoms with Gasteiger partial charge in [-0.05, 0) is 80.1 Å². The number of hydrogen-bond donors (Lipinski definition) is 1. The summed E-state index contributed by atoms with van der Waals surface area (Å²) in [5.41, 5.74) is 8.15. The van der Waals surface area contributed by atoms with Crippen LogP contribution < -0.4 is 15.1 Å². The highest BCUT2D eigenvalue weighted by atomic mass is 16.5. The summed E-state index contributed by atoms with van der Waals surface area (Å²) in [6.45, 7) is 4.17. The van der Waals surface area contributed by atoms with Crippen LogP contribution in [0.2, 0.25) is 0 Å². The molecule has 0 amide bonds. The predicted molar refractivity (Wildman–Crippen MR) is 180 cm³/mol. The van der Waals surface area contributed by atoms with Crippen molar-refractivity contribution in [2.75, 3.05) is 35.8 Å². The first-order valence-electron chi connectivity index (χ1n) is 15.0. The molecule has 3 heterocycles. The van der Waals surface area contributed by atoms with Crippen LogP contribution in [0.3, 0.4) is 0 Å². The van der Waals surface area contributed by atoms with Gasteiger partial charge < -0.3 is 19.9 Å². The summed E-state index contributed by atoms with van der Waals surface area (Å²) >= 11 is 0. The average molecular weight is 596 g/mol. The molecule has 1 aromatic heterocycles. The number of esters is 1. The van der Waals surface area contributed by atoms with Gasteiger partial charge in [-0.1, -0.05) is 42.5 Å². The number of benzene rings is 4. The number of fused-ring (bicyclic) bond motifs is 4. The number of nitrogens with zero attached hydrogens (tertiary/aromatic N) is 6. The van der Waals surface area contributed by atoms with Crippen LogP contribution in [-0.2, 0) is 4.74 Å². The Labute approximate surface area is 262 Å². The molecular formula is C36H33N7O2. The summed E-state index contributed by atoms with van der Waals surface area (Å²) in [5.74, 6) is 1.68. The smallest absolute Gasteiger partial charge is 0.338 e. The van der Waals surface area contributed by atoms with Gasteiger partial charge in [-0.2, -0.15) is 5.10 Å². The van der Waals surface area contributed by atoms with Gasteiger partial charge in [0.05, 0.1) is 41.0 Å². The van der Waals surface area contributed by atoms with E-state index in [4.69, 9.17) is 19.8 Å². The fourth-order valence-electron chi connectivity index (χ4n) is 5.86. The van der Waals surface area contributed by atoms with Crippen molar-refractivity contribution >= 4 is 46.2 Å². The quantitative estimate of drug-likeness (QED) is 0.209. The molecule has 0 saturated heterocycles. The molecule has 9 nitrogen and oxygen atoms in total. The van der Waals surface area contributed by atoms with Crippen LogP contribution in [0, 0.1) is 6.92 Å². The van der Waals surface area contributed by atoms with Crippen molar-refractivity contribution in [3.63, 3.8) is 0 Å². The molecule has 0 radical (unpaired) electrons. The zero-order chi connectivity index (χ0) is 31.1. The van der Waals surface area contributed by atoms with E-state index in [9.17, 15) is 4.79 Å². The Morgan fingerprint density at radius 3 is 2.31 bits per heavy atom. The third kappa shape index (κ3) is 5.02. The minimum atomic E-state index is -0.351. The van der Waals surface area contributed by atoms with Gasteiger partial charge in [0.15, 0.2) is 17.5 Å². The molecule has 2 aliphatic rings. The molecule has 1 N–H and O–H groups in total. The Morgan fingerprint density at radius 2 is 1.60 bits per heavy atom. The van der Waals surface area contributed by atoms with Crippen LogP contribution >= 0.6 is 0 Å². The van der Waals surface area contributed by atoms with Crippen LogP contribution in [0.4, 0.5) is 28.6 Å². The molecule has 4 aromatic carbocycles. The van der Waals surface area contributed by atoms with E-state index >= 15 is 0 Å². The van der Waals surface area contributed by atoms with Gasteiger partial charge in [0, 0.05) is 31.0 Å². The molecule has 45 heavy (non-hydrogen) atoms. The lowest BCUT2D eigenvalue weighted by atomic mass is 9.93. The molecule has 5 aromatic rings. The van der Waals surface area contributed by atoms with Crippen molar-refractivity contribution in [2.24, 2.45) is 9.98 Å². The van der Waals surface area contributed by atoms with E-state index in [2.05, 4.69) is 45.4 Å².